The van der Waals surface area contributed by atoms with Crippen LogP contribution in [0.4, 0.5) is 0 Å². The predicted octanol–water partition coefficient (Wildman–Crippen LogP) is 2.63. The zero-order chi connectivity index (χ0) is 13.0. The highest BCUT2D eigenvalue weighted by Gasteiger charge is 2.18. The molecule has 3 nitrogen and oxygen atoms in total. The molecule has 0 aliphatic heterocycles. The molecule has 3 N–H and O–H groups in total. The third-order valence-electron chi connectivity index (χ3n) is 2.77. The van der Waals surface area contributed by atoms with Crippen molar-refractivity contribution in [3.05, 3.63) is 58.3 Å². The van der Waals surface area contributed by atoms with Gasteiger partial charge in [-0.2, -0.15) is 0 Å². The first-order valence-electron chi connectivity index (χ1n) is 5.83. The highest BCUT2D eigenvalue weighted by Crippen LogP contribution is 2.19. The minimum atomic E-state index is -0.617. The van der Waals surface area contributed by atoms with E-state index in [0.717, 1.165) is 10.4 Å². The number of carbonyl (C=O) groups excluding carboxylic acids is 1. The lowest BCUT2D eigenvalue weighted by Gasteiger charge is -2.16. The quantitative estimate of drug-likeness (QED) is 0.888. The first-order valence-corrected chi connectivity index (χ1v) is 6.71. The fourth-order valence-electron chi connectivity index (χ4n) is 1.72. The normalized spacial score (nSPS) is 13.9. The molecule has 0 radical (unpaired) electrons. The highest BCUT2D eigenvalue weighted by atomic mass is 32.1. The summed E-state index contributed by atoms with van der Waals surface area (Å²) in [7, 11) is 0. The molecule has 1 heterocycles. The van der Waals surface area contributed by atoms with Crippen molar-refractivity contribution >= 4 is 17.2 Å². The Morgan fingerprint density at radius 3 is 2.56 bits per heavy atom. The summed E-state index contributed by atoms with van der Waals surface area (Å²) < 4.78 is 0. The van der Waals surface area contributed by atoms with E-state index >= 15 is 0 Å². The summed E-state index contributed by atoms with van der Waals surface area (Å²) in [6.45, 7) is 1.96. The van der Waals surface area contributed by atoms with Gasteiger partial charge in [0.2, 0.25) is 5.91 Å². The molecule has 1 aromatic carbocycles. The van der Waals surface area contributed by atoms with Crippen LogP contribution in [-0.2, 0) is 4.79 Å². The maximum absolute atomic E-state index is 12.0. The van der Waals surface area contributed by atoms with Crippen LogP contribution in [-0.4, -0.2) is 5.91 Å². The van der Waals surface area contributed by atoms with Crippen molar-refractivity contribution in [2.75, 3.05) is 0 Å². The molecule has 2 aromatic rings. The Hall–Kier alpha value is -1.65. The average Bonchev–Trinajstić information content (AvgIpc) is 2.92. The molecule has 0 saturated heterocycles. The third kappa shape index (κ3) is 2.97. The topological polar surface area (TPSA) is 55.1 Å². The molecule has 0 spiro atoms. The summed E-state index contributed by atoms with van der Waals surface area (Å²) in [5, 5.41) is 4.92. The number of benzene rings is 1. The van der Waals surface area contributed by atoms with E-state index in [2.05, 4.69) is 5.32 Å². The number of nitrogens with two attached hydrogens (primary N) is 1. The molecule has 1 amide bonds. The Labute approximate surface area is 111 Å². The maximum atomic E-state index is 12.0. The largest absolute Gasteiger partial charge is 0.347 e. The van der Waals surface area contributed by atoms with Crippen LogP contribution in [0.25, 0.3) is 0 Å². The molecule has 0 unspecified atom stereocenters. The molecule has 0 bridgehead atoms. The second-order valence-corrected chi connectivity index (χ2v) is 5.11. The van der Waals surface area contributed by atoms with Crippen LogP contribution < -0.4 is 11.1 Å². The fourth-order valence-corrected chi connectivity index (χ4v) is 2.46. The molecule has 0 aliphatic rings. The molecule has 4 heteroatoms. The van der Waals surface area contributed by atoms with Crippen molar-refractivity contribution in [1.82, 2.24) is 5.32 Å². The van der Waals surface area contributed by atoms with Gasteiger partial charge in [0.05, 0.1) is 6.04 Å². The maximum Gasteiger partial charge on any atom is 0.242 e. The molecule has 0 saturated carbocycles. The number of carbonyl (C=O) groups is 1. The van der Waals surface area contributed by atoms with Crippen LogP contribution in [0.2, 0.25) is 0 Å². The number of hydrogen-bond acceptors (Lipinski definition) is 3. The van der Waals surface area contributed by atoms with Crippen molar-refractivity contribution in [2.45, 2.75) is 19.0 Å². The number of thiophene rings is 1. The number of amides is 1. The molecule has 0 aliphatic carbocycles. The van der Waals surface area contributed by atoms with E-state index in [-0.39, 0.29) is 11.9 Å². The standard InChI is InChI=1S/C14H16N2OS/c1-10(12-8-5-9-18-12)16-14(17)13(15)11-6-3-2-4-7-11/h2-10,13H,15H2,1H3,(H,16,17)/t10-,13+/m0/s1. The van der Waals surface area contributed by atoms with E-state index in [4.69, 9.17) is 5.73 Å². The monoisotopic (exact) mass is 260 g/mol. The van der Waals surface area contributed by atoms with E-state index in [1.165, 1.54) is 0 Å². The van der Waals surface area contributed by atoms with Gasteiger partial charge in [-0.15, -0.1) is 11.3 Å². The second kappa shape index (κ2) is 5.80. The van der Waals surface area contributed by atoms with Gasteiger partial charge < -0.3 is 11.1 Å². The summed E-state index contributed by atoms with van der Waals surface area (Å²) in [5.74, 6) is -0.151. The SMILES string of the molecule is C[C@H](NC(=O)[C@H](N)c1ccccc1)c1cccs1. The van der Waals surface area contributed by atoms with Crippen molar-refractivity contribution < 1.29 is 4.79 Å². The van der Waals surface area contributed by atoms with E-state index in [1.807, 2.05) is 54.8 Å². The Bertz CT molecular complexity index is 496. The van der Waals surface area contributed by atoms with Crippen molar-refractivity contribution in [3.63, 3.8) is 0 Å². The summed E-state index contributed by atoms with van der Waals surface area (Å²) in [5.41, 5.74) is 6.76. The minimum absolute atomic E-state index is 0.00716. The second-order valence-electron chi connectivity index (χ2n) is 4.13. The minimum Gasteiger partial charge on any atom is -0.347 e. The van der Waals surface area contributed by atoms with Gasteiger partial charge in [0.1, 0.15) is 6.04 Å². The molecule has 1 aromatic heterocycles. The first-order chi connectivity index (χ1) is 8.68. The van der Waals surface area contributed by atoms with Gasteiger partial charge in [-0.05, 0) is 23.9 Å². The number of rotatable bonds is 4. The van der Waals surface area contributed by atoms with Crippen LogP contribution in [0.15, 0.2) is 47.8 Å². The van der Waals surface area contributed by atoms with Crippen molar-refractivity contribution in [3.8, 4) is 0 Å². The Morgan fingerprint density at radius 2 is 1.94 bits per heavy atom. The Kier molecular flexibility index (Phi) is 4.12. The Morgan fingerprint density at radius 1 is 1.22 bits per heavy atom. The molecule has 18 heavy (non-hydrogen) atoms. The van der Waals surface area contributed by atoms with E-state index in [9.17, 15) is 4.79 Å². The molecule has 0 fully saturated rings. The Balaban J connectivity index is 2.00. The van der Waals surface area contributed by atoms with Crippen LogP contribution >= 0.6 is 11.3 Å². The number of nitrogens with one attached hydrogen (secondary N) is 1. The highest BCUT2D eigenvalue weighted by molar-refractivity contribution is 7.10. The van der Waals surface area contributed by atoms with Gasteiger partial charge in [-0.3, -0.25) is 4.79 Å². The van der Waals surface area contributed by atoms with Gasteiger partial charge in [-0.1, -0.05) is 36.4 Å². The summed E-state index contributed by atoms with van der Waals surface area (Å²) in [6, 6.07) is 12.7. The molecule has 2 atom stereocenters. The summed E-state index contributed by atoms with van der Waals surface area (Å²) in [4.78, 5) is 13.1. The summed E-state index contributed by atoms with van der Waals surface area (Å²) in [6.07, 6.45) is 0. The average molecular weight is 260 g/mol. The van der Waals surface area contributed by atoms with Crippen LogP contribution in [0, 0.1) is 0 Å². The number of hydrogen-bond donors (Lipinski definition) is 2. The van der Waals surface area contributed by atoms with E-state index < -0.39 is 6.04 Å². The predicted molar refractivity (Wildman–Crippen MR) is 74.2 cm³/mol. The lowest BCUT2D eigenvalue weighted by Crippen LogP contribution is -2.35. The third-order valence-corrected chi connectivity index (χ3v) is 3.82. The van der Waals surface area contributed by atoms with Crippen molar-refractivity contribution in [2.24, 2.45) is 5.73 Å². The van der Waals surface area contributed by atoms with Gasteiger partial charge in [0.25, 0.3) is 0 Å². The van der Waals surface area contributed by atoms with E-state index in [0.29, 0.717) is 0 Å². The molecular formula is C14H16N2OS. The zero-order valence-corrected chi connectivity index (χ0v) is 11.0. The fraction of sp³-hybridized carbons (Fsp3) is 0.214. The van der Waals surface area contributed by atoms with Gasteiger partial charge in [-0.25, -0.2) is 0 Å². The van der Waals surface area contributed by atoms with Crippen LogP contribution in [0.1, 0.15) is 29.4 Å². The van der Waals surface area contributed by atoms with E-state index in [1.54, 1.807) is 11.3 Å². The first kappa shape index (κ1) is 12.8. The summed E-state index contributed by atoms with van der Waals surface area (Å²) >= 11 is 1.62. The van der Waals surface area contributed by atoms with Gasteiger partial charge in [0.15, 0.2) is 0 Å². The lowest BCUT2D eigenvalue weighted by molar-refractivity contribution is -0.123. The molecule has 2 rings (SSSR count). The molecular weight excluding hydrogens is 244 g/mol. The zero-order valence-electron chi connectivity index (χ0n) is 10.2. The lowest BCUT2D eigenvalue weighted by atomic mass is 10.1. The van der Waals surface area contributed by atoms with Gasteiger partial charge in [0, 0.05) is 4.88 Å². The molecule has 94 valence electrons. The van der Waals surface area contributed by atoms with Crippen molar-refractivity contribution in [1.29, 1.82) is 0 Å². The van der Waals surface area contributed by atoms with Gasteiger partial charge >= 0.3 is 0 Å². The smallest absolute Gasteiger partial charge is 0.242 e. The van der Waals surface area contributed by atoms with Crippen LogP contribution in [0.3, 0.4) is 0 Å². The van der Waals surface area contributed by atoms with Crippen LogP contribution in [0.5, 0.6) is 0 Å².